The van der Waals surface area contributed by atoms with Gasteiger partial charge in [0.2, 0.25) is 0 Å². The molecule has 7 nitrogen and oxygen atoms in total. The molecule has 1 aliphatic heterocycles. The summed E-state index contributed by atoms with van der Waals surface area (Å²) in [7, 11) is 3.02. The summed E-state index contributed by atoms with van der Waals surface area (Å²) in [5.41, 5.74) is 1.43. The number of benzene rings is 2. The summed E-state index contributed by atoms with van der Waals surface area (Å²) in [6, 6.07) is 11.4. The highest BCUT2D eigenvalue weighted by Gasteiger charge is 2.47. The van der Waals surface area contributed by atoms with Crippen molar-refractivity contribution >= 4 is 11.7 Å². The van der Waals surface area contributed by atoms with E-state index >= 15 is 0 Å². The van der Waals surface area contributed by atoms with Crippen LogP contribution >= 0.6 is 0 Å². The van der Waals surface area contributed by atoms with Gasteiger partial charge in [0.15, 0.2) is 6.04 Å². The number of amides is 1. The maximum atomic E-state index is 13.9. The number of carbonyl (C=O) groups excluding carboxylic acids is 1. The zero-order valence-electron chi connectivity index (χ0n) is 18.0. The number of ether oxygens (including phenoxy) is 2. The predicted molar refractivity (Wildman–Crippen MR) is 115 cm³/mol. The second-order valence-corrected chi connectivity index (χ2v) is 7.61. The number of aromatic nitrogens is 2. The highest BCUT2D eigenvalue weighted by molar-refractivity contribution is 5.98. The van der Waals surface area contributed by atoms with Crippen LogP contribution in [0.25, 0.3) is 0 Å². The number of anilines is 1. The van der Waals surface area contributed by atoms with Gasteiger partial charge in [0.05, 0.1) is 26.5 Å². The van der Waals surface area contributed by atoms with Gasteiger partial charge in [0, 0.05) is 18.5 Å². The lowest BCUT2D eigenvalue weighted by atomic mass is 9.95. The average molecular weight is 460 g/mol. The first-order chi connectivity index (χ1) is 15.8. The summed E-state index contributed by atoms with van der Waals surface area (Å²) in [5.74, 6) is 0.642. The molecule has 174 valence electrons. The summed E-state index contributed by atoms with van der Waals surface area (Å²) in [6.07, 6.45) is -3.67. The van der Waals surface area contributed by atoms with Crippen molar-refractivity contribution in [3.63, 3.8) is 0 Å². The fourth-order valence-corrected chi connectivity index (χ4v) is 3.91. The van der Waals surface area contributed by atoms with Crippen molar-refractivity contribution in [3.05, 3.63) is 71.4 Å². The third-order valence-electron chi connectivity index (χ3n) is 5.61. The number of halogens is 3. The highest BCUT2D eigenvalue weighted by atomic mass is 19.4. The maximum Gasteiger partial charge on any atom is 0.410 e. The minimum Gasteiger partial charge on any atom is -0.497 e. The van der Waals surface area contributed by atoms with Gasteiger partial charge in [-0.2, -0.15) is 18.3 Å². The van der Waals surface area contributed by atoms with Crippen molar-refractivity contribution in [3.8, 4) is 11.5 Å². The molecule has 1 aromatic heterocycles. The van der Waals surface area contributed by atoms with Crippen LogP contribution in [0.1, 0.15) is 40.0 Å². The lowest BCUT2D eigenvalue weighted by molar-refractivity contribution is -0.173. The molecule has 4 rings (SSSR count). The van der Waals surface area contributed by atoms with Crippen LogP contribution in [0.4, 0.5) is 19.0 Å². The van der Waals surface area contributed by atoms with E-state index in [1.165, 1.54) is 7.11 Å². The molecule has 1 amide bonds. The summed E-state index contributed by atoms with van der Waals surface area (Å²) >= 11 is 0. The number of alkyl halides is 3. The predicted octanol–water partition coefficient (Wildman–Crippen LogP) is 4.49. The molecular formula is C23H23F3N4O3. The molecule has 0 spiro atoms. The van der Waals surface area contributed by atoms with Gasteiger partial charge in [-0.1, -0.05) is 30.3 Å². The van der Waals surface area contributed by atoms with Gasteiger partial charge in [-0.05, 0) is 23.8 Å². The smallest absolute Gasteiger partial charge is 0.410 e. The highest BCUT2D eigenvalue weighted by Crippen LogP contribution is 2.45. The van der Waals surface area contributed by atoms with Gasteiger partial charge in [-0.15, -0.1) is 0 Å². The van der Waals surface area contributed by atoms with E-state index in [0.717, 1.165) is 16.4 Å². The Morgan fingerprint density at radius 1 is 1.15 bits per heavy atom. The molecule has 3 aromatic rings. The van der Waals surface area contributed by atoms with E-state index < -0.39 is 24.2 Å². The van der Waals surface area contributed by atoms with Crippen molar-refractivity contribution in [1.82, 2.24) is 15.1 Å². The lowest BCUT2D eigenvalue weighted by Crippen LogP contribution is -2.36. The van der Waals surface area contributed by atoms with Crippen molar-refractivity contribution < 1.29 is 27.4 Å². The van der Waals surface area contributed by atoms with Crippen molar-refractivity contribution in [2.45, 2.75) is 31.2 Å². The number of rotatable bonds is 6. The molecule has 0 bridgehead atoms. The van der Waals surface area contributed by atoms with Crippen LogP contribution in [0, 0.1) is 0 Å². The molecule has 0 aliphatic carbocycles. The second kappa shape index (κ2) is 9.05. The fourth-order valence-electron chi connectivity index (χ4n) is 3.91. The largest absolute Gasteiger partial charge is 0.497 e. The minimum absolute atomic E-state index is 0.0201. The van der Waals surface area contributed by atoms with E-state index in [2.05, 4.69) is 15.7 Å². The molecule has 2 heterocycles. The number of para-hydroxylation sites is 1. The van der Waals surface area contributed by atoms with E-state index in [1.807, 2.05) is 0 Å². The normalized spacial score (nSPS) is 17.6. The lowest BCUT2D eigenvalue weighted by Gasteiger charge is -2.34. The van der Waals surface area contributed by atoms with Gasteiger partial charge in [-0.25, -0.2) is 4.68 Å². The fraction of sp³-hybridized carbons (Fsp3) is 0.304. The quantitative estimate of drug-likeness (QED) is 0.567. The standard InChI is InChI=1S/C23H23F3N4O3/c1-32-15-9-7-14(8-10-15)12-27-22(31)17-13-28-30-20(23(24,25)26)11-18(29-21(17)30)16-5-3-4-6-19(16)33-2/h3-10,13,18,20,29H,11-12H2,1-2H3,(H,27,31)/t18-,20+/m0/s1. The topological polar surface area (TPSA) is 77.4 Å². The second-order valence-electron chi connectivity index (χ2n) is 7.61. The Labute approximate surface area is 188 Å². The molecule has 10 heteroatoms. The molecule has 2 N–H and O–H groups in total. The van der Waals surface area contributed by atoms with Gasteiger partial charge in [0.25, 0.3) is 5.91 Å². The van der Waals surface area contributed by atoms with Crippen LogP contribution in [0.5, 0.6) is 11.5 Å². The first-order valence-electron chi connectivity index (χ1n) is 10.3. The van der Waals surface area contributed by atoms with Gasteiger partial charge in [0.1, 0.15) is 22.9 Å². The van der Waals surface area contributed by atoms with Crippen molar-refractivity contribution in [2.24, 2.45) is 0 Å². The van der Waals surface area contributed by atoms with Crippen molar-refractivity contribution in [2.75, 3.05) is 19.5 Å². The van der Waals surface area contributed by atoms with Gasteiger partial charge >= 0.3 is 6.18 Å². The molecule has 0 radical (unpaired) electrons. The van der Waals surface area contributed by atoms with E-state index in [-0.39, 0.29) is 24.3 Å². The Morgan fingerprint density at radius 2 is 1.88 bits per heavy atom. The molecule has 33 heavy (non-hydrogen) atoms. The Hall–Kier alpha value is -3.69. The summed E-state index contributed by atoms with van der Waals surface area (Å²) in [6.45, 7) is 0.200. The molecule has 0 unspecified atom stereocenters. The van der Waals surface area contributed by atoms with E-state index in [9.17, 15) is 18.0 Å². The zero-order valence-corrected chi connectivity index (χ0v) is 18.0. The van der Waals surface area contributed by atoms with E-state index in [4.69, 9.17) is 9.47 Å². The van der Waals surface area contributed by atoms with Crippen LogP contribution in [0.2, 0.25) is 0 Å². The number of hydrogen-bond acceptors (Lipinski definition) is 5. The Kier molecular flexibility index (Phi) is 6.17. The summed E-state index contributed by atoms with van der Waals surface area (Å²) in [5, 5.41) is 9.72. The number of fused-ring (bicyclic) bond motifs is 1. The van der Waals surface area contributed by atoms with Crippen molar-refractivity contribution in [1.29, 1.82) is 0 Å². The first kappa shape index (κ1) is 22.5. The number of hydrogen-bond donors (Lipinski definition) is 2. The first-order valence-corrected chi connectivity index (χ1v) is 10.3. The molecule has 0 saturated carbocycles. The molecule has 2 atom stereocenters. The third kappa shape index (κ3) is 4.59. The number of nitrogens with one attached hydrogen (secondary N) is 2. The molecule has 0 saturated heterocycles. The minimum atomic E-state index is -4.54. The average Bonchev–Trinajstić information content (AvgIpc) is 3.25. The Balaban J connectivity index is 1.61. The summed E-state index contributed by atoms with van der Waals surface area (Å²) < 4.78 is 53.0. The molecule has 0 fully saturated rings. The van der Waals surface area contributed by atoms with Crippen LogP contribution in [-0.2, 0) is 6.54 Å². The van der Waals surface area contributed by atoms with Gasteiger partial charge < -0.3 is 20.1 Å². The maximum absolute atomic E-state index is 13.9. The van der Waals surface area contributed by atoms with Crippen LogP contribution < -0.4 is 20.1 Å². The van der Waals surface area contributed by atoms with E-state index in [1.54, 1.807) is 55.6 Å². The Morgan fingerprint density at radius 3 is 2.55 bits per heavy atom. The molecular weight excluding hydrogens is 437 g/mol. The number of nitrogens with zero attached hydrogens (tertiary/aromatic N) is 2. The molecule has 2 aromatic carbocycles. The third-order valence-corrected chi connectivity index (χ3v) is 5.61. The van der Waals surface area contributed by atoms with Crippen LogP contribution in [-0.4, -0.2) is 36.1 Å². The Bertz CT molecular complexity index is 1130. The van der Waals surface area contributed by atoms with Crippen LogP contribution in [0.15, 0.2) is 54.7 Å². The van der Waals surface area contributed by atoms with Crippen LogP contribution in [0.3, 0.4) is 0 Å². The number of methoxy groups -OCH3 is 2. The van der Waals surface area contributed by atoms with Gasteiger partial charge in [-0.3, -0.25) is 4.79 Å². The monoisotopic (exact) mass is 460 g/mol. The van der Waals surface area contributed by atoms with E-state index in [0.29, 0.717) is 17.1 Å². The SMILES string of the molecule is COc1ccc(CNC(=O)c2cnn3c2N[C@H](c2ccccc2OC)C[C@@H]3C(F)(F)F)cc1. The summed E-state index contributed by atoms with van der Waals surface area (Å²) in [4.78, 5) is 12.9. The molecule has 1 aliphatic rings. The number of carbonyl (C=O) groups is 1. The zero-order chi connectivity index (χ0) is 23.6.